The number of amides is 1. The summed E-state index contributed by atoms with van der Waals surface area (Å²) in [6, 6.07) is 12.7. The zero-order valence-corrected chi connectivity index (χ0v) is 16.0. The summed E-state index contributed by atoms with van der Waals surface area (Å²) in [4.78, 5) is 24.2. The van der Waals surface area contributed by atoms with E-state index in [0.29, 0.717) is 21.9 Å². The van der Waals surface area contributed by atoms with Gasteiger partial charge in [-0.1, -0.05) is 23.5 Å². The van der Waals surface area contributed by atoms with Crippen molar-refractivity contribution in [2.24, 2.45) is 12.1 Å². The summed E-state index contributed by atoms with van der Waals surface area (Å²) in [7, 11) is 3.37. The highest BCUT2D eigenvalue weighted by Crippen LogP contribution is 2.28. The van der Waals surface area contributed by atoms with E-state index in [-0.39, 0.29) is 12.4 Å². The molecule has 2 aromatic carbocycles. The number of para-hydroxylation sites is 1. The highest BCUT2D eigenvalue weighted by Gasteiger charge is 2.10. The van der Waals surface area contributed by atoms with Gasteiger partial charge in [0.05, 0.1) is 17.3 Å². The average Bonchev–Trinajstić information content (AvgIpc) is 3.00. The van der Waals surface area contributed by atoms with Crippen molar-refractivity contribution in [2.45, 2.75) is 6.92 Å². The first-order chi connectivity index (χ1) is 13.0. The fraction of sp³-hybridized carbons (Fsp3) is 0.211. The molecule has 0 atom stereocenters. The number of aromatic nitrogens is 1. The van der Waals surface area contributed by atoms with Crippen LogP contribution in [0.1, 0.15) is 17.3 Å². The first-order valence-electron chi connectivity index (χ1n) is 8.18. The van der Waals surface area contributed by atoms with Crippen molar-refractivity contribution in [1.29, 1.82) is 0 Å². The van der Waals surface area contributed by atoms with Crippen LogP contribution in [0.4, 0.5) is 0 Å². The van der Waals surface area contributed by atoms with Gasteiger partial charge in [-0.25, -0.2) is 5.43 Å². The minimum absolute atomic E-state index is 0.0763. The maximum atomic E-state index is 12.1. The van der Waals surface area contributed by atoms with E-state index >= 15 is 0 Å². The summed E-state index contributed by atoms with van der Waals surface area (Å²) in [6.45, 7) is 1.24. The molecule has 3 aromatic rings. The highest BCUT2D eigenvalue weighted by atomic mass is 32.1. The summed E-state index contributed by atoms with van der Waals surface area (Å²) in [5.41, 5.74) is 4.05. The topological polar surface area (TPSA) is 81.9 Å². The molecule has 3 rings (SSSR count). The van der Waals surface area contributed by atoms with Gasteiger partial charge >= 0.3 is 0 Å². The summed E-state index contributed by atoms with van der Waals surface area (Å²) in [6.07, 6.45) is 0. The Morgan fingerprint density at radius 2 is 1.96 bits per heavy atom. The van der Waals surface area contributed by atoms with Crippen molar-refractivity contribution in [2.75, 3.05) is 13.7 Å². The van der Waals surface area contributed by atoms with Crippen LogP contribution in [0.25, 0.3) is 10.2 Å². The molecule has 0 aliphatic rings. The lowest BCUT2D eigenvalue weighted by Gasteiger charge is -2.10. The molecule has 140 valence electrons. The standard InChI is InChI=1S/C19H19N3O4S/c1-12(23)13-8-9-15(16(10-13)25-3)26-11-18(24)20-21-19-22(2)14-6-4-5-7-17(14)27-19/h4-10H,11H2,1-3H3,(H,20,24)/b21-19-. The van der Waals surface area contributed by atoms with E-state index in [2.05, 4.69) is 10.5 Å². The smallest absolute Gasteiger partial charge is 0.278 e. The summed E-state index contributed by atoms with van der Waals surface area (Å²) in [5.74, 6) is 0.297. The van der Waals surface area contributed by atoms with E-state index in [1.165, 1.54) is 25.4 Å². The molecule has 0 fully saturated rings. The first kappa shape index (κ1) is 18.7. The van der Waals surface area contributed by atoms with E-state index in [9.17, 15) is 9.59 Å². The molecule has 8 heteroatoms. The van der Waals surface area contributed by atoms with Gasteiger partial charge in [0, 0.05) is 12.6 Å². The van der Waals surface area contributed by atoms with Crippen LogP contribution >= 0.6 is 11.3 Å². The second-order valence-electron chi connectivity index (χ2n) is 5.77. The molecule has 1 amide bonds. The fourth-order valence-corrected chi connectivity index (χ4v) is 3.46. The molecule has 0 unspecified atom stereocenters. The number of thiazole rings is 1. The summed E-state index contributed by atoms with van der Waals surface area (Å²) >= 11 is 1.48. The molecule has 0 saturated carbocycles. The van der Waals surface area contributed by atoms with Crippen molar-refractivity contribution in [3.63, 3.8) is 0 Å². The number of hydrogen-bond donors (Lipinski definition) is 1. The monoisotopic (exact) mass is 385 g/mol. The molecule has 27 heavy (non-hydrogen) atoms. The Morgan fingerprint density at radius 3 is 2.67 bits per heavy atom. The predicted molar refractivity (Wildman–Crippen MR) is 103 cm³/mol. The lowest BCUT2D eigenvalue weighted by molar-refractivity contribution is -0.123. The number of benzene rings is 2. The van der Waals surface area contributed by atoms with Gasteiger partial charge < -0.3 is 14.0 Å². The quantitative estimate of drug-likeness (QED) is 0.522. The number of nitrogens with one attached hydrogen (secondary N) is 1. The highest BCUT2D eigenvalue weighted by molar-refractivity contribution is 7.16. The van der Waals surface area contributed by atoms with Gasteiger partial charge in [0.25, 0.3) is 5.91 Å². The number of fused-ring (bicyclic) bond motifs is 1. The average molecular weight is 385 g/mol. The maximum Gasteiger partial charge on any atom is 0.278 e. The molecule has 1 heterocycles. The van der Waals surface area contributed by atoms with Crippen LogP contribution in [0.15, 0.2) is 47.6 Å². The minimum atomic E-state index is -0.398. The van der Waals surface area contributed by atoms with Crippen molar-refractivity contribution in [1.82, 2.24) is 9.99 Å². The number of Topliss-reactive ketones (excluding diaryl/α,β-unsaturated/α-hetero) is 1. The second-order valence-corrected chi connectivity index (χ2v) is 6.78. The molecular formula is C19H19N3O4S. The Kier molecular flexibility index (Phi) is 5.56. The Morgan fingerprint density at radius 1 is 1.19 bits per heavy atom. The normalized spacial score (nSPS) is 11.4. The molecule has 0 saturated heterocycles. The van der Waals surface area contributed by atoms with Crippen molar-refractivity contribution in [3.8, 4) is 11.5 Å². The van der Waals surface area contributed by atoms with Crippen LogP contribution < -0.4 is 19.7 Å². The van der Waals surface area contributed by atoms with Crippen LogP contribution in [0, 0.1) is 0 Å². The van der Waals surface area contributed by atoms with Crippen LogP contribution in [0.2, 0.25) is 0 Å². The second kappa shape index (κ2) is 8.05. The number of ether oxygens (including phenoxy) is 2. The number of nitrogens with zero attached hydrogens (tertiary/aromatic N) is 2. The van der Waals surface area contributed by atoms with Crippen molar-refractivity contribution < 1.29 is 19.1 Å². The molecule has 7 nitrogen and oxygen atoms in total. The number of carbonyl (C=O) groups is 2. The third-order valence-electron chi connectivity index (χ3n) is 3.92. The number of methoxy groups -OCH3 is 1. The Hall–Kier alpha value is -3.13. The van der Waals surface area contributed by atoms with E-state index in [0.717, 1.165) is 10.2 Å². The maximum absolute atomic E-state index is 12.1. The number of aryl methyl sites for hydroxylation is 1. The van der Waals surface area contributed by atoms with Gasteiger partial charge in [0.15, 0.2) is 23.9 Å². The van der Waals surface area contributed by atoms with Crippen LogP contribution in [-0.4, -0.2) is 30.0 Å². The van der Waals surface area contributed by atoms with E-state index in [4.69, 9.17) is 9.47 Å². The number of hydrogen-bond acceptors (Lipinski definition) is 6. The van der Waals surface area contributed by atoms with Crippen molar-refractivity contribution >= 4 is 33.2 Å². The van der Waals surface area contributed by atoms with Crippen LogP contribution in [0.5, 0.6) is 11.5 Å². The number of ketones is 1. The fourth-order valence-electron chi connectivity index (χ4n) is 2.48. The molecule has 0 bridgehead atoms. The minimum Gasteiger partial charge on any atom is -0.493 e. The molecule has 1 N–H and O–H groups in total. The SMILES string of the molecule is COc1cc(C(C)=O)ccc1OCC(=O)N/N=c1\sc2ccccc2n1C. The molecular weight excluding hydrogens is 366 g/mol. The molecule has 1 aromatic heterocycles. The van der Waals surface area contributed by atoms with E-state index in [1.807, 2.05) is 35.9 Å². The van der Waals surface area contributed by atoms with Gasteiger partial charge in [0.1, 0.15) is 0 Å². The lowest BCUT2D eigenvalue weighted by atomic mass is 10.1. The Bertz CT molecular complexity index is 1070. The molecule has 0 radical (unpaired) electrons. The molecule has 0 aliphatic heterocycles. The van der Waals surface area contributed by atoms with Crippen LogP contribution in [0.3, 0.4) is 0 Å². The summed E-state index contributed by atoms with van der Waals surface area (Å²) < 4.78 is 13.7. The predicted octanol–water partition coefficient (Wildman–Crippen LogP) is 2.46. The van der Waals surface area contributed by atoms with Crippen molar-refractivity contribution in [3.05, 3.63) is 52.8 Å². The number of rotatable bonds is 6. The van der Waals surface area contributed by atoms with Gasteiger partial charge in [-0.3, -0.25) is 9.59 Å². The number of carbonyl (C=O) groups excluding carboxylic acids is 2. The summed E-state index contributed by atoms with van der Waals surface area (Å²) in [5, 5.41) is 4.16. The van der Waals surface area contributed by atoms with Gasteiger partial charge in [-0.05, 0) is 37.3 Å². The molecule has 0 aliphatic carbocycles. The zero-order valence-electron chi connectivity index (χ0n) is 15.2. The van der Waals surface area contributed by atoms with Crippen LogP contribution in [-0.2, 0) is 11.8 Å². The Balaban J connectivity index is 1.68. The zero-order chi connectivity index (χ0) is 19.4. The first-order valence-corrected chi connectivity index (χ1v) is 9.00. The molecule has 0 spiro atoms. The van der Waals surface area contributed by atoms with Gasteiger partial charge in [-0.2, -0.15) is 0 Å². The van der Waals surface area contributed by atoms with E-state index in [1.54, 1.807) is 18.2 Å². The van der Waals surface area contributed by atoms with Gasteiger partial charge in [-0.15, -0.1) is 5.10 Å². The third-order valence-corrected chi connectivity index (χ3v) is 5.03. The third kappa shape index (κ3) is 4.17. The lowest BCUT2D eigenvalue weighted by Crippen LogP contribution is -2.27. The largest absolute Gasteiger partial charge is 0.493 e. The van der Waals surface area contributed by atoms with E-state index < -0.39 is 5.91 Å². The van der Waals surface area contributed by atoms with Gasteiger partial charge in [0.2, 0.25) is 4.80 Å². The Labute approximate surface area is 159 Å².